The van der Waals surface area contributed by atoms with Gasteiger partial charge in [-0.15, -0.1) is 0 Å². The number of ether oxygens (including phenoxy) is 1. The van der Waals surface area contributed by atoms with E-state index in [4.69, 9.17) is 4.74 Å². The van der Waals surface area contributed by atoms with Crippen molar-refractivity contribution in [2.45, 2.75) is 51.2 Å². The second-order valence-corrected chi connectivity index (χ2v) is 4.83. The first kappa shape index (κ1) is 11.5. The largest absolute Gasteiger partial charge is 0.493 e. The van der Waals surface area contributed by atoms with E-state index in [2.05, 4.69) is 18.9 Å². The second-order valence-electron chi connectivity index (χ2n) is 4.83. The van der Waals surface area contributed by atoms with Crippen molar-refractivity contribution in [3.05, 3.63) is 11.9 Å². The number of hydrogen-bond acceptors (Lipinski definition) is 3. The van der Waals surface area contributed by atoms with Gasteiger partial charge in [0, 0.05) is 12.0 Å². The van der Waals surface area contributed by atoms with Gasteiger partial charge in [0.25, 0.3) is 0 Å². The summed E-state index contributed by atoms with van der Waals surface area (Å²) in [4.78, 5) is 0. The molecule has 0 aromatic carbocycles. The molecule has 2 atom stereocenters. The maximum atomic E-state index is 9.72. The smallest absolute Gasteiger partial charge is 0.160 e. The highest BCUT2D eigenvalue weighted by molar-refractivity contribution is 5.33. The molecule has 0 bridgehead atoms. The first-order valence-corrected chi connectivity index (χ1v) is 5.89. The van der Waals surface area contributed by atoms with Crippen molar-refractivity contribution < 1.29 is 9.84 Å². The molecule has 0 aliphatic heterocycles. The fourth-order valence-electron chi connectivity index (χ4n) is 2.79. The molecule has 1 aromatic rings. The van der Waals surface area contributed by atoms with E-state index in [1.807, 2.05) is 4.68 Å². The van der Waals surface area contributed by atoms with Crippen LogP contribution in [0.15, 0.2) is 6.20 Å². The van der Waals surface area contributed by atoms with Gasteiger partial charge >= 0.3 is 0 Å². The fraction of sp³-hybridized carbons (Fsp3) is 0.750. The fourth-order valence-corrected chi connectivity index (χ4v) is 2.79. The Kier molecular flexibility index (Phi) is 2.93. The zero-order chi connectivity index (χ0) is 11.8. The number of rotatable bonds is 3. The van der Waals surface area contributed by atoms with Gasteiger partial charge in [-0.3, -0.25) is 4.68 Å². The summed E-state index contributed by atoms with van der Waals surface area (Å²) >= 11 is 0. The monoisotopic (exact) mass is 224 g/mol. The Hall–Kier alpha value is -1.03. The molecule has 1 aliphatic carbocycles. The van der Waals surface area contributed by atoms with Crippen molar-refractivity contribution >= 4 is 0 Å². The van der Waals surface area contributed by atoms with Crippen LogP contribution in [0.2, 0.25) is 0 Å². The minimum Gasteiger partial charge on any atom is -0.493 e. The number of aryl methyl sites for hydroxylation is 1. The minimum atomic E-state index is -0.185. The third-order valence-corrected chi connectivity index (χ3v) is 3.61. The maximum Gasteiger partial charge on any atom is 0.160 e. The molecule has 4 heteroatoms. The van der Waals surface area contributed by atoms with Gasteiger partial charge < -0.3 is 9.84 Å². The van der Waals surface area contributed by atoms with E-state index < -0.39 is 0 Å². The Labute approximate surface area is 96.2 Å². The third-order valence-electron chi connectivity index (χ3n) is 3.61. The van der Waals surface area contributed by atoms with E-state index in [0.29, 0.717) is 0 Å². The first-order valence-electron chi connectivity index (χ1n) is 5.89. The van der Waals surface area contributed by atoms with E-state index in [-0.39, 0.29) is 11.5 Å². The van der Waals surface area contributed by atoms with Gasteiger partial charge in [0.05, 0.1) is 25.1 Å². The van der Waals surface area contributed by atoms with Crippen LogP contribution in [0.1, 0.15) is 38.8 Å². The van der Waals surface area contributed by atoms with Gasteiger partial charge in [0.15, 0.2) is 5.75 Å². The molecule has 90 valence electrons. The highest BCUT2D eigenvalue weighted by atomic mass is 16.5. The quantitative estimate of drug-likeness (QED) is 0.850. The van der Waals surface area contributed by atoms with Crippen molar-refractivity contribution in [3.63, 3.8) is 0 Å². The summed E-state index contributed by atoms with van der Waals surface area (Å²) in [6.07, 6.45) is 4.25. The van der Waals surface area contributed by atoms with Gasteiger partial charge in [-0.1, -0.05) is 6.92 Å². The van der Waals surface area contributed by atoms with Crippen LogP contribution in [0.3, 0.4) is 0 Å². The normalized spacial score (nSPS) is 29.6. The molecule has 1 heterocycles. The van der Waals surface area contributed by atoms with E-state index in [1.54, 1.807) is 13.3 Å². The average Bonchev–Trinajstić information content (AvgIpc) is 2.82. The van der Waals surface area contributed by atoms with E-state index in [9.17, 15) is 5.11 Å². The summed E-state index contributed by atoms with van der Waals surface area (Å²) in [7, 11) is 1.68. The lowest BCUT2D eigenvalue weighted by Crippen LogP contribution is -2.24. The summed E-state index contributed by atoms with van der Waals surface area (Å²) in [5.74, 6) is 0.846. The van der Waals surface area contributed by atoms with E-state index in [0.717, 1.165) is 37.3 Å². The Morgan fingerprint density at radius 2 is 2.44 bits per heavy atom. The summed E-state index contributed by atoms with van der Waals surface area (Å²) in [6, 6.07) is 0. The van der Waals surface area contributed by atoms with Crippen molar-refractivity contribution in [1.82, 2.24) is 9.78 Å². The maximum absolute atomic E-state index is 9.72. The zero-order valence-corrected chi connectivity index (χ0v) is 10.2. The van der Waals surface area contributed by atoms with E-state index in [1.165, 1.54) is 0 Å². The third kappa shape index (κ3) is 1.71. The van der Waals surface area contributed by atoms with Crippen molar-refractivity contribution in [2.24, 2.45) is 0 Å². The molecule has 4 nitrogen and oxygen atoms in total. The van der Waals surface area contributed by atoms with Gasteiger partial charge in [-0.25, -0.2) is 0 Å². The van der Waals surface area contributed by atoms with Crippen LogP contribution in [-0.4, -0.2) is 28.1 Å². The summed E-state index contributed by atoms with van der Waals surface area (Å²) < 4.78 is 7.36. The average molecular weight is 224 g/mol. The summed E-state index contributed by atoms with van der Waals surface area (Å²) in [5.41, 5.74) is 1.13. The number of methoxy groups -OCH3 is 1. The molecule has 2 rings (SSSR count). The summed E-state index contributed by atoms with van der Waals surface area (Å²) in [5, 5.41) is 14.1. The van der Waals surface area contributed by atoms with Crippen LogP contribution in [0.4, 0.5) is 0 Å². The highest BCUT2D eigenvalue weighted by Crippen LogP contribution is 2.44. The topological polar surface area (TPSA) is 47.3 Å². The lowest BCUT2D eigenvalue weighted by molar-refractivity contribution is 0.173. The molecule has 1 aliphatic rings. The molecule has 0 radical (unpaired) electrons. The van der Waals surface area contributed by atoms with Gasteiger partial charge in [-0.2, -0.15) is 5.10 Å². The van der Waals surface area contributed by atoms with Crippen LogP contribution in [0.5, 0.6) is 5.75 Å². The number of aromatic nitrogens is 2. The first-order chi connectivity index (χ1) is 7.60. The van der Waals surface area contributed by atoms with Gasteiger partial charge in [0.2, 0.25) is 0 Å². The number of aliphatic hydroxyl groups excluding tert-OH is 1. The zero-order valence-electron chi connectivity index (χ0n) is 10.2. The molecule has 16 heavy (non-hydrogen) atoms. The molecular formula is C12H20N2O2. The van der Waals surface area contributed by atoms with Gasteiger partial charge in [0.1, 0.15) is 0 Å². The lowest BCUT2D eigenvalue weighted by atomic mass is 9.84. The number of nitrogens with zero attached hydrogens (tertiary/aromatic N) is 2. The molecule has 0 amide bonds. The second kappa shape index (κ2) is 4.09. The predicted octanol–water partition coefficient (Wildman–Crippen LogP) is 1.71. The molecule has 1 fully saturated rings. The van der Waals surface area contributed by atoms with Gasteiger partial charge in [-0.05, 0) is 26.2 Å². The molecule has 1 saturated carbocycles. The highest BCUT2D eigenvalue weighted by Gasteiger charge is 2.40. The van der Waals surface area contributed by atoms with Crippen LogP contribution < -0.4 is 4.74 Å². The predicted molar refractivity (Wildman–Crippen MR) is 61.7 cm³/mol. The van der Waals surface area contributed by atoms with Crippen LogP contribution in [0.25, 0.3) is 0 Å². The Morgan fingerprint density at radius 3 is 2.94 bits per heavy atom. The minimum absolute atomic E-state index is 0.00271. The number of aliphatic hydroxyl groups is 1. The molecule has 1 aromatic heterocycles. The Bertz CT molecular complexity index is 354. The standard InChI is InChI=1S/C12H20N2O2/c1-4-14-11(10(16-3)8-13-14)12(2)6-5-9(15)7-12/h8-9,15H,4-7H2,1-3H3. The van der Waals surface area contributed by atoms with E-state index >= 15 is 0 Å². The SMILES string of the molecule is CCn1ncc(OC)c1C1(C)CCC(O)C1. The lowest BCUT2D eigenvalue weighted by Gasteiger charge is -2.25. The Morgan fingerprint density at radius 1 is 1.69 bits per heavy atom. The van der Waals surface area contributed by atoms with Crippen LogP contribution in [-0.2, 0) is 12.0 Å². The molecule has 1 N–H and O–H groups in total. The van der Waals surface area contributed by atoms with Crippen molar-refractivity contribution in [1.29, 1.82) is 0 Å². The molecular weight excluding hydrogens is 204 g/mol. The van der Waals surface area contributed by atoms with Crippen molar-refractivity contribution in [3.8, 4) is 5.75 Å². The molecule has 0 saturated heterocycles. The molecule has 2 unspecified atom stereocenters. The van der Waals surface area contributed by atoms with Crippen molar-refractivity contribution in [2.75, 3.05) is 7.11 Å². The van der Waals surface area contributed by atoms with Crippen LogP contribution in [0, 0.1) is 0 Å². The van der Waals surface area contributed by atoms with Crippen LogP contribution >= 0.6 is 0 Å². The molecule has 0 spiro atoms. The Balaban J connectivity index is 2.41. The number of hydrogen-bond donors (Lipinski definition) is 1. The summed E-state index contributed by atoms with van der Waals surface area (Å²) in [6.45, 7) is 5.10.